The van der Waals surface area contributed by atoms with E-state index in [1.807, 2.05) is 0 Å². The highest BCUT2D eigenvalue weighted by Gasteiger charge is 2.41. The Morgan fingerprint density at radius 2 is 0.684 bits per heavy atom. The van der Waals surface area contributed by atoms with Crippen LogP contribution in [0.4, 0.5) is 0 Å². The molecule has 0 N–H and O–H groups in total. The third-order valence-electron chi connectivity index (χ3n) is 11.2. The second-order valence-electron chi connectivity index (χ2n) is 14.2. The van der Waals surface area contributed by atoms with Gasteiger partial charge in [0.1, 0.15) is 0 Å². The molecular weight excluding hydrogens is 460 g/mol. The van der Waals surface area contributed by atoms with Gasteiger partial charge in [-0.3, -0.25) is 9.80 Å². The molecule has 0 saturated heterocycles. The van der Waals surface area contributed by atoms with E-state index in [1.54, 1.807) is 0 Å². The van der Waals surface area contributed by atoms with E-state index in [1.165, 1.54) is 193 Å². The molecule has 0 aromatic heterocycles. The first-order chi connectivity index (χ1) is 18.9. The summed E-state index contributed by atoms with van der Waals surface area (Å²) >= 11 is 0. The van der Waals surface area contributed by atoms with Gasteiger partial charge < -0.3 is 0 Å². The summed E-state index contributed by atoms with van der Waals surface area (Å²) in [4.78, 5) is 6.57. The lowest BCUT2D eigenvalue weighted by Gasteiger charge is -2.55. The van der Waals surface area contributed by atoms with Crippen molar-refractivity contribution in [1.29, 1.82) is 0 Å². The molecule has 0 aliphatic heterocycles. The van der Waals surface area contributed by atoms with Gasteiger partial charge in [0.2, 0.25) is 0 Å². The lowest BCUT2D eigenvalue weighted by molar-refractivity contribution is -0.0916. The van der Waals surface area contributed by atoms with Crippen LogP contribution in [0, 0.1) is 0 Å². The van der Waals surface area contributed by atoms with Gasteiger partial charge in [0.25, 0.3) is 0 Å². The third-order valence-corrected chi connectivity index (χ3v) is 11.2. The minimum atomic E-state index is 0.747. The molecule has 0 bridgehead atoms. The van der Waals surface area contributed by atoms with Crippen molar-refractivity contribution in [1.82, 2.24) is 9.80 Å². The van der Waals surface area contributed by atoms with Crippen molar-refractivity contribution in [2.45, 2.75) is 230 Å². The van der Waals surface area contributed by atoms with Crippen LogP contribution in [0.25, 0.3) is 0 Å². The van der Waals surface area contributed by atoms with Crippen molar-refractivity contribution < 1.29 is 0 Å². The normalized spacial score (nSPS) is 23.7. The molecule has 0 amide bonds. The molecule has 2 nitrogen and oxygen atoms in total. The van der Waals surface area contributed by atoms with Crippen LogP contribution in [-0.4, -0.2) is 40.1 Å². The number of hydrogen-bond acceptors (Lipinski definition) is 2. The molecule has 4 rings (SSSR count). The van der Waals surface area contributed by atoms with Crippen molar-refractivity contribution in [3.05, 3.63) is 0 Å². The summed E-state index contributed by atoms with van der Waals surface area (Å²) in [5.41, 5.74) is 0. The number of unbranched alkanes of at least 4 members (excludes halogenated alkanes) is 8. The molecule has 4 aliphatic carbocycles. The fraction of sp³-hybridized carbons (Fsp3) is 1.00. The van der Waals surface area contributed by atoms with Crippen molar-refractivity contribution >= 4 is 0 Å². The van der Waals surface area contributed by atoms with Crippen LogP contribution in [0.5, 0.6) is 0 Å². The smallest absolute Gasteiger partial charge is 0.0632 e. The highest BCUT2D eigenvalue weighted by molar-refractivity contribution is 4.94. The Kier molecular flexibility index (Phi) is 14.9. The summed E-state index contributed by atoms with van der Waals surface area (Å²) in [5, 5.41) is 0. The van der Waals surface area contributed by atoms with E-state index in [0.717, 1.165) is 30.3 Å². The largest absolute Gasteiger partial charge is 0.282 e. The van der Waals surface area contributed by atoms with Gasteiger partial charge in [-0.25, -0.2) is 0 Å². The standard InChI is InChI=1S/C36H68N2/c1-2-3-4-5-6-7-8-9-22-31-36(37(32-23-14-10-15-24-32)33-25-16-11-17-26-33)38(34-27-18-12-19-28-34)35-29-20-13-21-30-35/h32-36H,2-31H2,1H3. The average molecular weight is 529 g/mol. The lowest BCUT2D eigenvalue weighted by atomic mass is 9.84. The second-order valence-corrected chi connectivity index (χ2v) is 14.2. The lowest BCUT2D eigenvalue weighted by Crippen LogP contribution is -2.62. The van der Waals surface area contributed by atoms with E-state index in [-0.39, 0.29) is 0 Å². The Morgan fingerprint density at radius 1 is 0.395 bits per heavy atom. The van der Waals surface area contributed by atoms with Crippen LogP contribution < -0.4 is 0 Å². The number of hydrogen-bond donors (Lipinski definition) is 0. The van der Waals surface area contributed by atoms with Crippen LogP contribution in [0.3, 0.4) is 0 Å². The minimum absolute atomic E-state index is 0.747. The zero-order valence-corrected chi connectivity index (χ0v) is 26.0. The van der Waals surface area contributed by atoms with E-state index >= 15 is 0 Å². The molecule has 0 radical (unpaired) electrons. The molecule has 0 unspecified atom stereocenters. The molecular formula is C36H68N2. The molecule has 4 aliphatic rings. The number of rotatable bonds is 16. The summed E-state index contributed by atoms with van der Waals surface area (Å²) in [7, 11) is 0. The van der Waals surface area contributed by atoms with Gasteiger partial charge in [-0.05, 0) is 57.8 Å². The van der Waals surface area contributed by atoms with Crippen LogP contribution in [0.1, 0.15) is 200 Å². The maximum absolute atomic E-state index is 3.28. The zero-order chi connectivity index (χ0) is 26.3. The average Bonchev–Trinajstić information content (AvgIpc) is 2.98. The fourth-order valence-corrected chi connectivity index (χ4v) is 9.18. The Labute approximate surface area is 239 Å². The first-order valence-corrected chi connectivity index (χ1v) is 18.4. The van der Waals surface area contributed by atoms with E-state index in [9.17, 15) is 0 Å². The molecule has 0 aromatic rings. The van der Waals surface area contributed by atoms with E-state index in [2.05, 4.69) is 16.7 Å². The molecule has 4 fully saturated rings. The predicted octanol–water partition coefficient (Wildman–Crippen LogP) is 11.2. The van der Waals surface area contributed by atoms with Crippen LogP contribution in [-0.2, 0) is 0 Å². The van der Waals surface area contributed by atoms with Gasteiger partial charge >= 0.3 is 0 Å². The Morgan fingerprint density at radius 3 is 1.00 bits per heavy atom. The summed E-state index contributed by atoms with van der Waals surface area (Å²) in [6.45, 7) is 2.34. The third kappa shape index (κ3) is 9.78. The predicted molar refractivity (Wildman–Crippen MR) is 167 cm³/mol. The topological polar surface area (TPSA) is 6.48 Å². The first-order valence-electron chi connectivity index (χ1n) is 18.4. The first kappa shape index (κ1) is 30.9. The van der Waals surface area contributed by atoms with Crippen LogP contribution >= 0.6 is 0 Å². The molecule has 0 heterocycles. The van der Waals surface area contributed by atoms with Gasteiger partial charge in [0.05, 0.1) is 6.17 Å². The molecule has 0 atom stereocenters. The monoisotopic (exact) mass is 529 g/mol. The van der Waals surface area contributed by atoms with Crippen molar-refractivity contribution in [3.8, 4) is 0 Å². The molecule has 222 valence electrons. The highest BCUT2D eigenvalue weighted by Crippen LogP contribution is 2.39. The van der Waals surface area contributed by atoms with Gasteiger partial charge in [-0.2, -0.15) is 0 Å². The molecule has 38 heavy (non-hydrogen) atoms. The van der Waals surface area contributed by atoms with E-state index < -0.39 is 0 Å². The van der Waals surface area contributed by atoms with Crippen molar-refractivity contribution in [2.24, 2.45) is 0 Å². The molecule has 0 aromatic carbocycles. The van der Waals surface area contributed by atoms with Crippen molar-refractivity contribution in [2.75, 3.05) is 0 Å². The summed E-state index contributed by atoms with van der Waals surface area (Å²) < 4.78 is 0. The van der Waals surface area contributed by atoms with Gasteiger partial charge in [0.15, 0.2) is 0 Å². The van der Waals surface area contributed by atoms with Crippen molar-refractivity contribution in [3.63, 3.8) is 0 Å². The van der Waals surface area contributed by atoms with Gasteiger partial charge in [0, 0.05) is 24.2 Å². The van der Waals surface area contributed by atoms with E-state index in [4.69, 9.17) is 0 Å². The Balaban J connectivity index is 1.49. The summed E-state index contributed by atoms with van der Waals surface area (Å²) in [6, 6.07) is 3.52. The van der Waals surface area contributed by atoms with Crippen LogP contribution in [0.15, 0.2) is 0 Å². The highest BCUT2D eigenvalue weighted by atomic mass is 15.4. The van der Waals surface area contributed by atoms with Crippen LogP contribution in [0.2, 0.25) is 0 Å². The fourth-order valence-electron chi connectivity index (χ4n) is 9.18. The van der Waals surface area contributed by atoms with Gasteiger partial charge in [-0.1, -0.05) is 142 Å². The van der Waals surface area contributed by atoms with Gasteiger partial charge in [-0.15, -0.1) is 0 Å². The minimum Gasteiger partial charge on any atom is -0.282 e. The second kappa shape index (κ2) is 18.4. The number of nitrogens with zero attached hydrogens (tertiary/aromatic N) is 2. The maximum Gasteiger partial charge on any atom is 0.0632 e. The SMILES string of the molecule is CCCCCCCCCCCC(N(C1CCCCC1)C1CCCCC1)N(C1CCCCC1)C1CCCCC1. The summed E-state index contributed by atoms with van der Waals surface area (Å²) in [5.74, 6) is 0. The molecule has 2 heteroatoms. The van der Waals surface area contributed by atoms with E-state index in [0.29, 0.717) is 0 Å². The molecule has 4 saturated carbocycles. The summed E-state index contributed by atoms with van der Waals surface area (Å²) in [6.07, 6.45) is 45.2. The Hall–Kier alpha value is -0.0800. The molecule has 0 spiro atoms. The Bertz CT molecular complexity index is 490. The quantitative estimate of drug-likeness (QED) is 0.145. The zero-order valence-electron chi connectivity index (χ0n) is 26.0. The maximum atomic E-state index is 3.28.